The van der Waals surface area contributed by atoms with E-state index in [1.807, 2.05) is 0 Å². The van der Waals surface area contributed by atoms with E-state index < -0.39 is 0 Å². The van der Waals surface area contributed by atoms with Gasteiger partial charge >= 0.3 is 0 Å². The van der Waals surface area contributed by atoms with Crippen LogP contribution in [0.2, 0.25) is 0 Å². The highest BCUT2D eigenvalue weighted by Crippen LogP contribution is 2.29. The van der Waals surface area contributed by atoms with Crippen LogP contribution in [0, 0.1) is 17.8 Å². The van der Waals surface area contributed by atoms with Gasteiger partial charge in [-0.15, -0.1) is 0 Å². The molecule has 4 heteroatoms. The summed E-state index contributed by atoms with van der Waals surface area (Å²) in [5.74, 6) is 1.54. The molecule has 2 aliphatic rings. The van der Waals surface area contributed by atoms with Crippen LogP contribution in [0.25, 0.3) is 0 Å². The average Bonchev–Trinajstić information content (AvgIpc) is 2.81. The van der Waals surface area contributed by atoms with Crippen LogP contribution < -0.4 is 10.6 Å². The highest BCUT2D eigenvalue weighted by atomic mass is 16.5. The lowest BCUT2D eigenvalue weighted by atomic mass is 9.79. The molecule has 0 aromatic heterocycles. The van der Waals surface area contributed by atoms with Crippen molar-refractivity contribution in [3.63, 3.8) is 0 Å². The third-order valence-electron chi connectivity index (χ3n) is 4.64. The van der Waals surface area contributed by atoms with E-state index in [-0.39, 0.29) is 17.9 Å². The lowest BCUT2D eigenvalue weighted by molar-refractivity contribution is -0.126. The molecule has 0 aromatic carbocycles. The molecule has 0 radical (unpaired) electrons. The average molecular weight is 268 g/mol. The van der Waals surface area contributed by atoms with Crippen LogP contribution in [-0.2, 0) is 9.53 Å². The van der Waals surface area contributed by atoms with Crippen molar-refractivity contribution in [1.82, 2.24) is 10.6 Å². The molecule has 0 spiro atoms. The van der Waals surface area contributed by atoms with E-state index in [0.717, 1.165) is 18.9 Å². The lowest BCUT2D eigenvalue weighted by Gasteiger charge is -2.34. The van der Waals surface area contributed by atoms with Crippen LogP contribution in [0.1, 0.15) is 40.0 Å². The quantitative estimate of drug-likeness (QED) is 0.813. The van der Waals surface area contributed by atoms with Crippen molar-refractivity contribution in [2.24, 2.45) is 17.8 Å². The molecule has 1 saturated heterocycles. The maximum atomic E-state index is 12.4. The molecule has 4 nitrogen and oxygen atoms in total. The standard InChI is InChI=1S/C15H28N2O2/c1-4-16-14-9-19-8-12(14)15(18)17-13-6-5-10(2)7-11(13)3/h10-14,16H,4-9H2,1-3H3,(H,17,18). The zero-order valence-corrected chi connectivity index (χ0v) is 12.4. The molecule has 1 aliphatic heterocycles. The Morgan fingerprint density at radius 1 is 1.21 bits per heavy atom. The summed E-state index contributed by atoms with van der Waals surface area (Å²) < 4.78 is 5.45. The van der Waals surface area contributed by atoms with Crippen molar-refractivity contribution in [3.8, 4) is 0 Å². The molecular formula is C15H28N2O2. The van der Waals surface area contributed by atoms with Crippen molar-refractivity contribution < 1.29 is 9.53 Å². The van der Waals surface area contributed by atoms with Gasteiger partial charge in [0, 0.05) is 12.1 Å². The zero-order valence-electron chi connectivity index (χ0n) is 12.4. The Labute approximate surface area is 116 Å². The Morgan fingerprint density at radius 3 is 2.68 bits per heavy atom. The lowest BCUT2D eigenvalue weighted by Crippen LogP contribution is -2.49. The van der Waals surface area contributed by atoms with Gasteiger partial charge in [-0.1, -0.05) is 20.8 Å². The number of amides is 1. The summed E-state index contributed by atoms with van der Waals surface area (Å²) in [6, 6.07) is 0.536. The van der Waals surface area contributed by atoms with Crippen LogP contribution in [0.3, 0.4) is 0 Å². The first kappa shape index (κ1) is 14.8. The topological polar surface area (TPSA) is 50.4 Å². The van der Waals surface area contributed by atoms with Crippen molar-refractivity contribution in [1.29, 1.82) is 0 Å². The number of rotatable bonds is 4. The first-order valence-corrected chi connectivity index (χ1v) is 7.73. The van der Waals surface area contributed by atoms with Gasteiger partial charge in [0.2, 0.25) is 5.91 Å². The van der Waals surface area contributed by atoms with E-state index in [4.69, 9.17) is 4.74 Å². The SMILES string of the molecule is CCNC1COCC1C(=O)NC1CCC(C)CC1C. The smallest absolute Gasteiger partial charge is 0.227 e. The van der Waals surface area contributed by atoms with Gasteiger partial charge in [-0.3, -0.25) is 4.79 Å². The summed E-state index contributed by atoms with van der Waals surface area (Å²) in [4.78, 5) is 12.4. The minimum Gasteiger partial charge on any atom is -0.379 e. The van der Waals surface area contributed by atoms with Crippen LogP contribution in [0.5, 0.6) is 0 Å². The normalized spacial score (nSPS) is 39.2. The molecule has 19 heavy (non-hydrogen) atoms. The molecule has 2 N–H and O–H groups in total. The largest absolute Gasteiger partial charge is 0.379 e. The second-order valence-corrected chi connectivity index (χ2v) is 6.32. The molecule has 1 saturated carbocycles. The summed E-state index contributed by atoms with van der Waals surface area (Å²) in [6.07, 6.45) is 3.57. The van der Waals surface area contributed by atoms with E-state index in [2.05, 4.69) is 31.4 Å². The Bertz CT molecular complexity index is 309. The van der Waals surface area contributed by atoms with Gasteiger partial charge in [-0.25, -0.2) is 0 Å². The Balaban J connectivity index is 1.86. The van der Waals surface area contributed by atoms with Crippen molar-refractivity contribution in [2.75, 3.05) is 19.8 Å². The Morgan fingerprint density at radius 2 is 2.00 bits per heavy atom. The van der Waals surface area contributed by atoms with Gasteiger partial charge in [-0.05, 0) is 37.6 Å². The second-order valence-electron chi connectivity index (χ2n) is 6.32. The minimum atomic E-state index is -0.0218. The first-order valence-electron chi connectivity index (χ1n) is 7.73. The number of hydrogen-bond acceptors (Lipinski definition) is 3. The number of carbonyl (C=O) groups excluding carboxylic acids is 1. The molecule has 5 unspecified atom stereocenters. The monoisotopic (exact) mass is 268 g/mol. The van der Waals surface area contributed by atoms with E-state index in [1.54, 1.807) is 0 Å². The number of hydrogen-bond donors (Lipinski definition) is 2. The van der Waals surface area contributed by atoms with Crippen LogP contribution in [0.15, 0.2) is 0 Å². The van der Waals surface area contributed by atoms with Crippen LogP contribution in [-0.4, -0.2) is 37.7 Å². The fourth-order valence-electron chi connectivity index (χ4n) is 3.45. The van der Waals surface area contributed by atoms with Crippen molar-refractivity contribution >= 4 is 5.91 Å². The third kappa shape index (κ3) is 3.69. The minimum absolute atomic E-state index is 0.0218. The maximum Gasteiger partial charge on any atom is 0.227 e. The molecule has 5 atom stereocenters. The first-order chi connectivity index (χ1) is 9.11. The zero-order chi connectivity index (χ0) is 13.8. The fraction of sp³-hybridized carbons (Fsp3) is 0.933. The van der Waals surface area contributed by atoms with E-state index in [9.17, 15) is 4.79 Å². The number of nitrogens with one attached hydrogen (secondary N) is 2. The van der Waals surface area contributed by atoms with E-state index in [0.29, 0.717) is 25.2 Å². The number of ether oxygens (including phenoxy) is 1. The number of carbonyl (C=O) groups is 1. The predicted molar refractivity (Wildman–Crippen MR) is 75.9 cm³/mol. The summed E-state index contributed by atoms with van der Waals surface area (Å²) in [5.41, 5.74) is 0. The van der Waals surface area contributed by atoms with Crippen LogP contribution in [0.4, 0.5) is 0 Å². The number of likely N-dealkylation sites (N-methyl/N-ethyl adjacent to an activating group) is 1. The highest BCUT2D eigenvalue weighted by Gasteiger charge is 2.35. The van der Waals surface area contributed by atoms with Gasteiger partial charge in [0.1, 0.15) is 0 Å². The third-order valence-corrected chi connectivity index (χ3v) is 4.64. The predicted octanol–water partition coefficient (Wildman–Crippen LogP) is 1.55. The maximum absolute atomic E-state index is 12.4. The molecule has 0 bridgehead atoms. The molecule has 1 amide bonds. The highest BCUT2D eigenvalue weighted by molar-refractivity contribution is 5.80. The molecule has 2 fully saturated rings. The molecule has 110 valence electrons. The molecule has 1 heterocycles. The second kappa shape index (κ2) is 6.71. The Hall–Kier alpha value is -0.610. The summed E-state index contributed by atoms with van der Waals surface area (Å²) in [7, 11) is 0. The van der Waals surface area contributed by atoms with Crippen molar-refractivity contribution in [3.05, 3.63) is 0 Å². The fourth-order valence-corrected chi connectivity index (χ4v) is 3.45. The van der Waals surface area contributed by atoms with Gasteiger partial charge < -0.3 is 15.4 Å². The molecule has 1 aliphatic carbocycles. The van der Waals surface area contributed by atoms with E-state index in [1.165, 1.54) is 12.8 Å². The molecule has 0 aromatic rings. The van der Waals surface area contributed by atoms with Gasteiger partial charge in [0.05, 0.1) is 19.1 Å². The van der Waals surface area contributed by atoms with E-state index >= 15 is 0 Å². The van der Waals surface area contributed by atoms with Gasteiger partial charge in [0.15, 0.2) is 0 Å². The summed E-state index contributed by atoms with van der Waals surface area (Å²) in [5, 5.41) is 6.61. The molecule has 2 rings (SSSR count). The van der Waals surface area contributed by atoms with Gasteiger partial charge in [0.25, 0.3) is 0 Å². The molecular weight excluding hydrogens is 240 g/mol. The summed E-state index contributed by atoms with van der Waals surface area (Å²) in [6.45, 7) is 8.73. The summed E-state index contributed by atoms with van der Waals surface area (Å²) >= 11 is 0. The van der Waals surface area contributed by atoms with Crippen molar-refractivity contribution in [2.45, 2.75) is 52.1 Å². The van der Waals surface area contributed by atoms with Crippen LogP contribution >= 0.6 is 0 Å². The van der Waals surface area contributed by atoms with Gasteiger partial charge in [-0.2, -0.15) is 0 Å². The Kier molecular flexibility index (Phi) is 5.22.